The van der Waals surface area contributed by atoms with Crippen LogP contribution in [0, 0.1) is 0 Å². The largest absolute Gasteiger partial charge is 0.465 e. The van der Waals surface area contributed by atoms with Crippen LogP contribution in [0.1, 0.15) is 31.3 Å². The summed E-state index contributed by atoms with van der Waals surface area (Å²) in [7, 11) is 0. The van der Waals surface area contributed by atoms with E-state index in [1.54, 1.807) is 12.7 Å². The van der Waals surface area contributed by atoms with Crippen molar-refractivity contribution < 1.29 is 9.21 Å². The number of amides is 1. The second-order valence-electron chi connectivity index (χ2n) is 6.18. The molecule has 0 aromatic carbocycles. The van der Waals surface area contributed by atoms with Crippen molar-refractivity contribution in [3.05, 3.63) is 36.3 Å². The van der Waals surface area contributed by atoms with Crippen LogP contribution in [0.3, 0.4) is 0 Å². The molecule has 3 rings (SSSR count). The molecule has 0 radical (unpaired) electrons. The number of furan rings is 1. The Kier molecular flexibility index (Phi) is 5.63. The van der Waals surface area contributed by atoms with E-state index in [4.69, 9.17) is 4.42 Å². The summed E-state index contributed by atoms with van der Waals surface area (Å²) in [5.41, 5.74) is 0. The van der Waals surface area contributed by atoms with Gasteiger partial charge in [-0.1, -0.05) is 6.92 Å². The maximum atomic E-state index is 12.4. The molecule has 7 nitrogen and oxygen atoms in total. The Labute approximate surface area is 142 Å². The fourth-order valence-electron chi connectivity index (χ4n) is 3.02. The first kappa shape index (κ1) is 16.7. The van der Waals surface area contributed by atoms with Gasteiger partial charge in [0.05, 0.1) is 6.54 Å². The van der Waals surface area contributed by atoms with E-state index in [-0.39, 0.29) is 5.91 Å². The third kappa shape index (κ3) is 4.44. The Morgan fingerprint density at radius 3 is 2.67 bits per heavy atom. The molecular formula is C17H25N5O2. The molecule has 1 amide bonds. The van der Waals surface area contributed by atoms with Crippen molar-refractivity contribution in [2.24, 2.45) is 0 Å². The molecule has 0 aliphatic carbocycles. The van der Waals surface area contributed by atoms with Crippen molar-refractivity contribution in [2.75, 3.05) is 26.2 Å². The third-order valence-electron chi connectivity index (χ3n) is 4.44. The van der Waals surface area contributed by atoms with Gasteiger partial charge in [-0.2, -0.15) is 0 Å². The standard InChI is InChI=1S/C17H25N5O2/c1-2-15-4-5-16(24-15)12-20-7-3-8-22(11-10-20)17(23)6-9-21-13-18-19-14-21/h4-5,13-14H,2-3,6-12H2,1H3. The van der Waals surface area contributed by atoms with Crippen molar-refractivity contribution >= 4 is 5.91 Å². The molecule has 24 heavy (non-hydrogen) atoms. The van der Waals surface area contributed by atoms with Crippen LogP contribution in [-0.4, -0.2) is 56.7 Å². The van der Waals surface area contributed by atoms with Crippen molar-refractivity contribution in [1.82, 2.24) is 24.6 Å². The number of hydrogen-bond acceptors (Lipinski definition) is 5. The van der Waals surface area contributed by atoms with Gasteiger partial charge < -0.3 is 13.9 Å². The van der Waals surface area contributed by atoms with E-state index in [0.717, 1.165) is 57.1 Å². The van der Waals surface area contributed by atoms with Crippen LogP contribution >= 0.6 is 0 Å². The number of nitrogens with zero attached hydrogens (tertiary/aromatic N) is 5. The molecule has 1 fully saturated rings. The van der Waals surface area contributed by atoms with Crippen LogP contribution in [0.15, 0.2) is 29.2 Å². The van der Waals surface area contributed by atoms with Crippen molar-refractivity contribution in [2.45, 2.75) is 39.3 Å². The highest BCUT2D eigenvalue weighted by atomic mass is 16.3. The van der Waals surface area contributed by atoms with E-state index >= 15 is 0 Å². The highest BCUT2D eigenvalue weighted by Crippen LogP contribution is 2.13. The Bertz CT molecular complexity index is 637. The summed E-state index contributed by atoms with van der Waals surface area (Å²) >= 11 is 0. The fraction of sp³-hybridized carbons (Fsp3) is 0.588. The minimum atomic E-state index is 0.205. The average molecular weight is 331 g/mol. The number of aromatic nitrogens is 3. The quantitative estimate of drug-likeness (QED) is 0.803. The Morgan fingerprint density at radius 1 is 1.12 bits per heavy atom. The molecule has 0 atom stereocenters. The van der Waals surface area contributed by atoms with Gasteiger partial charge >= 0.3 is 0 Å². The zero-order valence-corrected chi connectivity index (χ0v) is 14.2. The molecule has 1 saturated heterocycles. The molecule has 3 heterocycles. The summed E-state index contributed by atoms with van der Waals surface area (Å²) in [5, 5.41) is 7.52. The zero-order valence-electron chi connectivity index (χ0n) is 14.2. The lowest BCUT2D eigenvalue weighted by Gasteiger charge is -2.21. The van der Waals surface area contributed by atoms with Gasteiger partial charge in [-0.25, -0.2) is 0 Å². The van der Waals surface area contributed by atoms with E-state index in [9.17, 15) is 4.79 Å². The summed E-state index contributed by atoms with van der Waals surface area (Å²) in [5.74, 6) is 2.25. The Balaban J connectivity index is 1.46. The smallest absolute Gasteiger partial charge is 0.224 e. The monoisotopic (exact) mass is 331 g/mol. The predicted molar refractivity (Wildman–Crippen MR) is 89.2 cm³/mol. The summed E-state index contributed by atoms with van der Waals surface area (Å²) in [6.45, 7) is 7.05. The first-order chi connectivity index (χ1) is 11.7. The predicted octanol–water partition coefficient (Wildman–Crippen LogP) is 1.56. The fourth-order valence-corrected chi connectivity index (χ4v) is 3.02. The van der Waals surface area contributed by atoms with E-state index in [1.165, 1.54) is 0 Å². The van der Waals surface area contributed by atoms with E-state index in [0.29, 0.717) is 13.0 Å². The second kappa shape index (κ2) is 8.10. The molecule has 0 unspecified atom stereocenters. The molecule has 0 bridgehead atoms. The number of hydrogen-bond donors (Lipinski definition) is 0. The van der Waals surface area contributed by atoms with Gasteiger partial charge in [0, 0.05) is 45.6 Å². The molecule has 0 saturated carbocycles. The van der Waals surface area contributed by atoms with Gasteiger partial charge in [-0.15, -0.1) is 10.2 Å². The first-order valence-corrected chi connectivity index (χ1v) is 8.64. The highest BCUT2D eigenvalue weighted by Gasteiger charge is 2.19. The van der Waals surface area contributed by atoms with E-state index in [2.05, 4.69) is 28.1 Å². The van der Waals surface area contributed by atoms with Gasteiger partial charge in [-0.05, 0) is 18.6 Å². The molecule has 130 valence electrons. The van der Waals surface area contributed by atoms with Crippen LogP contribution in [-0.2, 0) is 24.3 Å². The highest BCUT2D eigenvalue weighted by molar-refractivity contribution is 5.76. The summed E-state index contributed by atoms with van der Waals surface area (Å²) in [4.78, 5) is 16.7. The van der Waals surface area contributed by atoms with Gasteiger partial charge in [0.15, 0.2) is 0 Å². The normalized spacial score (nSPS) is 16.3. The van der Waals surface area contributed by atoms with Gasteiger partial charge in [0.25, 0.3) is 0 Å². The molecule has 1 aliphatic rings. The van der Waals surface area contributed by atoms with E-state index < -0.39 is 0 Å². The van der Waals surface area contributed by atoms with E-state index in [1.807, 2.05) is 15.5 Å². The third-order valence-corrected chi connectivity index (χ3v) is 4.44. The van der Waals surface area contributed by atoms with Crippen molar-refractivity contribution in [3.63, 3.8) is 0 Å². The average Bonchev–Trinajstić information content (AvgIpc) is 3.21. The lowest BCUT2D eigenvalue weighted by molar-refractivity contribution is -0.131. The van der Waals surface area contributed by atoms with Gasteiger partial charge in [0.2, 0.25) is 5.91 Å². The zero-order chi connectivity index (χ0) is 16.8. The van der Waals surface area contributed by atoms with Crippen LogP contribution < -0.4 is 0 Å². The summed E-state index contributed by atoms with van der Waals surface area (Å²) in [6, 6.07) is 4.11. The molecule has 0 N–H and O–H groups in total. The van der Waals surface area contributed by atoms with Crippen LogP contribution in [0.5, 0.6) is 0 Å². The minimum absolute atomic E-state index is 0.205. The van der Waals surface area contributed by atoms with Crippen LogP contribution in [0.25, 0.3) is 0 Å². The van der Waals surface area contributed by atoms with Crippen LogP contribution in [0.2, 0.25) is 0 Å². The Morgan fingerprint density at radius 2 is 1.92 bits per heavy atom. The molecule has 0 spiro atoms. The molecule has 7 heteroatoms. The molecule has 2 aromatic heterocycles. The SMILES string of the molecule is CCc1ccc(CN2CCCN(C(=O)CCn3cnnc3)CC2)o1. The number of carbonyl (C=O) groups excluding carboxylic acids is 1. The lowest BCUT2D eigenvalue weighted by Crippen LogP contribution is -2.35. The van der Waals surface area contributed by atoms with Gasteiger partial charge in [0.1, 0.15) is 24.2 Å². The van der Waals surface area contributed by atoms with Crippen LogP contribution in [0.4, 0.5) is 0 Å². The summed E-state index contributed by atoms with van der Waals surface area (Å²) < 4.78 is 7.63. The van der Waals surface area contributed by atoms with Crippen molar-refractivity contribution in [1.29, 1.82) is 0 Å². The number of rotatable bonds is 6. The minimum Gasteiger partial charge on any atom is -0.465 e. The lowest BCUT2D eigenvalue weighted by atomic mass is 10.3. The molecular weight excluding hydrogens is 306 g/mol. The molecule has 2 aromatic rings. The maximum absolute atomic E-state index is 12.4. The van der Waals surface area contributed by atoms with Gasteiger partial charge in [-0.3, -0.25) is 9.69 Å². The summed E-state index contributed by atoms with van der Waals surface area (Å²) in [6.07, 6.45) is 5.71. The maximum Gasteiger partial charge on any atom is 0.224 e. The number of carbonyl (C=O) groups is 1. The first-order valence-electron chi connectivity index (χ1n) is 8.64. The number of aryl methyl sites for hydroxylation is 2. The second-order valence-corrected chi connectivity index (χ2v) is 6.18. The van der Waals surface area contributed by atoms with Crippen molar-refractivity contribution in [3.8, 4) is 0 Å². The topological polar surface area (TPSA) is 67.4 Å². The molecule has 1 aliphatic heterocycles. The Hall–Kier alpha value is -2.15.